The van der Waals surface area contributed by atoms with Crippen molar-refractivity contribution in [2.75, 3.05) is 19.6 Å². The zero-order valence-corrected chi connectivity index (χ0v) is 13.5. The Balaban J connectivity index is 1.72. The minimum atomic E-state index is -0.978. The Morgan fingerprint density at radius 1 is 1.35 bits per heavy atom. The molecular weight excluding hydrogens is 318 g/mol. The molecule has 1 heterocycles. The van der Waals surface area contributed by atoms with Crippen LogP contribution in [0.25, 0.3) is 0 Å². The van der Waals surface area contributed by atoms with Gasteiger partial charge >= 0.3 is 6.09 Å². The number of piperazine rings is 1. The van der Waals surface area contributed by atoms with Crippen molar-refractivity contribution >= 4 is 23.6 Å². The van der Waals surface area contributed by atoms with Gasteiger partial charge < -0.3 is 20.2 Å². The largest absolute Gasteiger partial charge is 0.465 e. The lowest BCUT2D eigenvalue weighted by Crippen LogP contribution is -2.59. The summed E-state index contributed by atoms with van der Waals surface area (Å²) < 4.78 is 0. The van der Waals surface area contributed by atoms with Crippen molar-refractivity contribution in [2.24, 2.45) is 0 Å². The minimum absolute atomic E-state index is 0.0432. The van der Waals surface area contributed by atoms with E-state index in [0.29, 0.717) is 24.7 Å². The van der Waals surface area contributed by atoms with Crippen molar-refractivity contribution in [3.8, 4) is 0 Å². The molecule has 1 aliphatic heterocycles. The van der Waals surface area contributed by atoms with Crippen LogP contribution < -0.4 is 5.32 Å². The van der Waals surface area contributed by atoms with Gasteiger partial charge in [0.05, 0.1) is 0 Å². The zero-order chi connectivity index (χ0) is 16.4. The minimum Gasteiger partial charge on any atom is -0.465 e. The number of benzene rings is 1. The lowest BCUT2D eigenvalue weighted by molar-refractivity contribution is -0.135. The van der Waals surface area contributed by atoms with E-state index >= 15 is 0 Å². The highest BCUT2D eigenvalue weighted by atomic mass is 35.5. The van der Waals surface area contributed by atoms with Crippen LogP contribution in [0.1, 0.15) is 18.4 Å². The molecule has 6 nitrogen and oxygen atoms in total. The van der Waals surface area contributed by atoms with Crippen LogP contribution in [0.4, 0.5) is 4.79 Å². The Bertz CT molecular complexity index is 606. The molecule has 0 spiro atoms. The maximum atomic E-state index is 12.9. The van der Waals surface area contributed by atoms with Crippen LogP contribution in [-0.4, -0.2) is 58.6 Å². The van der Waals surface area contributed by atoms with Crippen molar-refractivity contribution in [2.45, 2.75) is 31.5 Å². The molecule has 2 amide bonds. The summed E-state index contributed by atoms with van der Waals surface area (Å²) in [5.41, 5.74) is 0.917. The number of hydrogen-bond donors (Lipinski definition) is 2. The molecule has 2 fully saturated rings. The molecule has 0 aromatic heterocycles. The second-order valence-corrected chi connectivity index (χ2v) is 6.43. The normalized spacial score (nSPS) is 21.1. The van der Waals surface area contributed by atoms with E-state index in [1.807, 2.05) is 29.2 Å². The Labute approximate surface area is 140 Å². The predicted octanol–water partition coefficient (Wildman–Crippen LogP) is 1.78. The van der Waals surface area contributed by atoms with Crippen molar-refractivity contribution in [3.63, 3.8) is 0 Å². The van der Waals surface area contributed by atoms with Gasteiger partial charge in [-0.15, -0.1) is 0 Å². The number of carbonyl (C=O) groups is 2. The number of hydrogen-bond acceptors (Lipinski definition) is 3. The molecule has 1 saturated carbocycles. The summed E-state index contributed by atoms with van der Waals surface area (Å²) in [6.45, 7) is 1.56. The van der Waals surface area contributed by atoms with E-state index in [4.69, 9.17) is 16.7 Å². The number of carboxylic acid groups (broad SMARTS) is 1. The summed E-state index contributed by atoms with van der Waals surface area (Å²) in [4.78, 5) is 27.1. The topological polar surface area (TPSA) is 72.9 Å². The lowest BCUT2D eigenvalue weighted by atomic mass is 10.1. The molecular formula is C16H20ClN3O3. The molecule has 1 aliphatic carbocycles. The fraction of sp³-hybridized carbons (Fsp3) is 0.500. The first kappa shape index (κ1) is 16.1. The van der Waals surface area contributed by atoms with Crippen LogP contribution in [0.15, 0.2) is 24.3 Å². The van der Waals surface area contributed by atoms with Gasteiger partial charge in [-0.1, -0.05) is 29.8 Å². The first-order valence-electron chi connectivity index (χ1n) is 7.81. The number of rotatable bonds is 4. The maximum Gasteiger partial charge on any atom is 0.407 e. The van der Waals surface area contributed by atoms with Gasteiger partial charge in [0.1, 0.15) is 6.04 Å². The zero-order valence-electron chi connectivity index (χ0n) is 12.7. The van der Waals surface area contributed by atoms with Crippen LogP contribution >= 0.6 is 11.6 Å². The van der Waals surface area contributed by atoms with Crippen molar-refractivity contribution in [3.05, 3.63) is 34.9 Å². The second-order valence-electron chi connectivity index (χ2n) is 6.02. The molecule has 1 saturated heterocycles. The van der Waals surface area contributed by atoms with Gasteiger partial charge in [-0.05, 0) is 24.5 Å². The molecule has 124 valence electrons. The SMILES string of the molecule is O=C(O)N1CCNC(C(=O)N(Cc2ccccc2Cl)C2CC2)C1. The molecule has 1 aromatic carbocycles. The quantitative estimate of drug-likeness (QED) is 0.878. The highest BCUT2D eigenvalue weighted by Gasteiger charge is 2.38. The first-order valence-corrected chi connectivity index (χ1v) is 8.19. The lowest BCUT2D eigenvalue weighted by Gasteiger charge is -2.34. The number of amides is 2. The molecule has 1 atom stereocenters. The Morgan fingerprint density at radius 2 is 2.09 bits per heavy atom. The Morgan fingerprint density at radius 3 is 2.74 bits per heavy atom. The molecule has 2 aliphatic rings. The number of carbonyl (C=O) groups excluding carboxylic acids is 1. The smallest absolute Gasteiger partial charge is 0.407 e. The molecule has 2 N–H and O–H groups in total. The van der Waals surface area contributed by atoms with Gasteiger partial charge in [-0.3, -0.25) is 4.79 Å². The summed E-state index contributed by atoms with van der Waals surface area (Å²) in [7, 11) is 0. The van der Waals surface area contributed by atoms with Crippen LogP contribution in [0.3, 0.4) is 0 Å². The average molecular weight is 338 g/mol. The number of nitrogens with zero attached hydrogens (tertiary/aromatic N) is 2. The van der Waals surface area contributed by atoms with Crippen molar-refractivity contribution < 1.29 is 14.7 Å². The van der Waals surface area contributed by atoms with Crippen LogP contribution in [-0.2, 0) is 11.3 Å². The molecule has 3 rings (SSSR count). The predicted molar refractivity (Wildman–Crippen MR) is 86.4 cm³/mol. The Hall–Kier alpha value is -1.79. The monoisotopic (exact) mass is 337 g/mol. The third kappa shape index (κ3) is 3.76. The summed E-state index contributed by atoms with van der Waals surface area (Å²) in [6, 6.07) is 7.26. The first-order chi connectivity index (χ1) is 11.1. The van der Waals surface area contributed by atoms with E-state index in [0.717, 1.165) is 18.4 Å². The molecule has 1 aromatic rings. The van der Waals surface area contributed by atoms with Crippen molar-refractivity contribution in [1.82, 2.24) is 15.1 Å². The van der Waals surface area contributed by atoms with Gasteiger partial charge in [0.25, 0.3) is 0 Å². The van der Waals surface area contributed by atoms with E-state index in [1.165, 1.54) is 4.90 Å². The fourth-order valence-corrected chi connectivity index (χ4v) is 3.07. The number of halogens is 1. The highest BCUT2D eigenvalue weighted by Crippen LogP contribution is 2.30. The second kappa shape index (κ2) is 6.76. The van der Waals surface area contributed by atoms with E-state index in [2.05, 4.69) is 5.32 Å². The van der Waals surface area contributed by atoms with Gasteiger partial charge in [-0.2, -0.15) is 0 Å². The van der Waals surface area contributed by atoms with Gasteiger partial charge in [-0.25, -0.2) is 4.79 Å². The average Bonchev–Trinajstić information content (AvgIpc) is 3.38. The summed E-state index contributed by atoms with van der Waals surface area (Å²) >= 11 is 6.21. The van der Waals surface area contributed by atoms with Crippen LogP contribution in [0, 0.1) is 0 Å². The molecule has 0 bridgehead atoms. The maximum absolute atomic E-state index is 12.9. The summed E-state index contributed by atoms with van der Waals surface area (Å²) in [5.74, 6) is -0.0432. The summed E-state index contributed by atoms with van der Waals surface area (Å²) in [5, 5.41) is 12.9. The fourth-order valence-electron chi connectivity index (χ4n) is 2.87. The van der Waals surface area contributed by atoms with Gasteiger partial charge in [0, 0.05) is 37.2 Å². The molecule has 0 radical (unpaired) electrons. The van der Waals surface area contributed by atoms with E-state index < -0.39 is 12.1 Å². The van der Waals surface area contributed by atoms with Gasteiger partial charge in [0.15, 0.2) is 0 Å². The highest BCUT2D eigenvalue weighted by molar-refractivity contribution is 6.31. The molecule has 1 unspecified atom stereocenters. The molecule has 7 heteroatoms. The van der Waals surface area contributed by atoms with Gasteiger partial charge in [0.2, 0.25) is 5.91 Å². The van der Waals surface area contributed by atoms with Crippen LogP contribution in [0.2, 0.25) is 5.02 Å². The number of nitrogens with one attached hydrogen (secondary N) is 1. The third-order valence-corrected chi connectivity index (χ3v) is 4.68. The molecule has 23 heavy (non-hydrogen) atoms. The van der Waals surface area contributed by atoms with E-state index in [1.54, 1.807) is 0 Å². The third-order valence-electron chi connectivity index (χ3n) is 4.31. The Kier molecular flexibility index (Phi) is 4.73. The van der Waals surface area contributed by atoms with Crippen molar-refractivity contribution in [1.29, 1.82) is 0 Å². The van der Waals surface area contributed by atoms with E-state index in [9.17, 15) is 9.59 Å². The van der Waals surface area contributed by atoms with Crippen LogP contribution in [0.5, 0.6) is 0 Å². The summed E-state index contributed by atoms with van der Waals surface area (Å²) in [6.07, 6.45) is 1.00. The standard InChI is InChI=1S/C16H20ClN3O3/c17-13-4-2-1-3-11(13)9-20(12-5-6-12)15(21)14-10-19(16(22)23)8-7-18-14/h1-4,12,14,18H,5-10H2,(H,22,23). The van der Waals surface area contributed by atoms with E-state index in [-0.39, 0.29) is 18.5 Å².